The van der Waals surface area contributed by atoms with Gasteiger partial charge in [-0.1, -0.05) is 73.9 Å². The molecule has 1 heterocycles. The van der Waals surface area contributed by atoms with Gasteiger partial charge in [0.05, 0.1) is 0 Å². The van der Waals surface area contributed by atoms with Gasteiger partial charge in [-0.05, 0) is 30.9 Å². The molecule has 1 aliphatic rings. The van der Waals surface area contributed by atoms with E-state index >= 15 is 0 Å². The predicted molar refractivity (Wildman–Crippen MR) is 107 cm³/mol. The summed E-state index contributed by atoms with van der Waals surface area (Å²) in [7, 11) is 0. The molecule has 0 spiro atoms. The van der Waals surface area contributed by atoms with Gasteiger partial charge >= 0.3 is 0 Å². The third-order valence-electron chi connectivity index (χ3n) is 3.28. The van der Waals surface area contributed by atoms with Gasteiger partial charge in [-0.25, -0.2) is 4.99 Å². The lowest BCUT2D eigenvalue weighted by Gasteiger charge is -2.29. The second-order valence-corrected chi connectivity index (χ2v) is 4.93. The molecular weight excluding hydrogens is 282 g/mol. The van der Waals surface area contributed by atoms with E-state index in [9.17, 15) is 0 Å². The van der Waals surface area contributed by atoms with Crippen LogP contribution in [0.5, 0.6) is 0 Å². The summed E-state index contributed by atoms with van der Waals surface area (Å²) in [4.78, 5) is 4.55. The first-order chi connectivity index (χ1) is 11.2. The molecule has 23 heavy (non-hydrogen) atoms. The molecule has 3 nitrogen and oxygen atoms in total. The first-order valence-electron chi connectivity index (χ1n) is 9.36. The van der Waals surface area contributed by atoms with Crippen molar-refractivity contribution in [1.29, 1.82) is 0 Å². The minimum atomic E-state index is 0.130. The molecule has 0 bridgehead atoms. The van der Waals surface area contributed by atoms with E-state index in [-0.39, 0.29) is 6.17 Å². The third kappa shape index (κ3) is 8.06. The fourth-order valence-electron chi connectivity index (χ4n) is 2.20. The summed E-state index contributed by atoms with van der Waals surface area (Å²) in [6.45, 7) is 16.6. The van der Waals surface area contributed by atoms with Crippen LogP contribution >= 0.6 is 0 Å². The summed E-state index contributed by atoms with van der Waals surface area (Å²) >= 11 is 0. The minimum Gasteiger partial charge on any atom is -0.383 e. The number of amidine groups is 1. The van der Waals surface area contributed by atoms with Gasteiger partial charge in [-0.3, -0.25) is 0 Å². The SMILES string of the molecule is CC.CC.CCC.CCC(CC)C1N=C(N)c2ccccc2N1. The van der Waals surface area contributed by atoms with Crippen LogP contribution in [0.3, 0.4) is 0 Å². The zero-order chi connectivity index (χ0) is 18.3. The van der Waals surface area contributed by atoms with E-state index in [1.54, 1.807) is 0 Å². The summed E-state index contributed by atoms with van der Waals surface area (Å²) in [6, 6.07) is 8.07. The Kier molecular flexibility index (Phi) is 15.9. The number of aliphatic imine (C=N–C) groups is 1. The van der Waals surface area contributed by atoms with Crippen LogP contribution < -0.4 is 11.1 Å². The van der Waals surface area contributed by atoms with Crippen molar-refractivity contribution >= 4 is 11.5 Å². The van der Waals surface area contributed by atoms with Crippen molar-refractivity contribution in [2.75, 3.05) is 5.32 Å². The lowest BCUT2D eigenvalue weighted by molar-refractivity contribution is 0.425. The Bertz CT molecular complexity index is 409. The van der Waals surface area contributed by atoms with Crippen LogP contribution in [0.4, 0.5) is 5.69 Å². The van der Waals surface area contributed by atoms with Gasteiger partial charge in [0.1, 0.15) is 12.0 Å². The molecule has 3 heteroatoms. The van der Waals surface area contributed by atoms with Crippen molar-refractivity contribution in [1.82, 2.24) is 0 Å². The van der Waals surface area contributed by atoms with E-state index in [0.717, 1.165) is 24.1 Å². The summed E-state index contributed by atoms with van der Waals surface area (Å²) < 4.78 is 0. The van der Waals surface area contributed by atoms with Gasteiger partial charge in [0.25, 0.3) is 0 Å². The molecule has 0 aromatic heterocycles. The van der Waals surface area contributed by atoms with Crippen molar-refractivity contribution < 1.29 is 0 Å². The summed E-state index contributed by atoms with van der Waals surface area (Å²) in [5, 5.41) is 3.46. The van der Waals surface area contributed by atoms with Gasteiger partial charge in [0.2, 0.25) is 0 Å². The number of hydrogen-bond acceptors (Lipinski definition) is 3. The Hall–Kier alpha value is -1.51. The second-order valence-electron chi connectivity index (χ2n) is 4.93. The molecule has 0 radical (unpaired) electrons. The van der Waals surface area contributed by atoms with Crippen molar-refractivity contribution in [2.24, 2.45) is 16.6 Å². The van der Waals surface area contributed by atoms with E-state index in [4.69, 9.17) is 5.73 Å². The number of nitrogens with zero attached hydrogens (tertiary/aromatic N) is 1. The number of nitrogens with one attached hydrogen (secondary N) is 1. The van der Waals surface area contributed by atoms with Crippen molar-refractivity contribution in [2.45, 2.75) is 80.8 Å². The fraction of sp³-hybridized carbons (Fsp3) is 0.650. The third-order valence-corrected chi connectivity index (χ3v) is 3.28. The van der Waals surface area contributed by atoms with Gasteiger partial charge in [-0.15, -0.1) is 0 Å². The summed E-state index contributed by atoms with van der Waals surface area (Å²) in [5.74, 6) is 1.21. The standard InChI is InChI=1S/C13H19N3.C3H8.2C2H6/c1-3-9(4-2)13-15-11-8-6-5-7-10(11)12(14)16-13;1-3-2;2*1-2/h5-9,13,15H,3-4H2,1-2H3,(H2,14,16);3H2,1-2H3;2*1-2H3. The molecule has 0 saturated carbocycles. The summed E-state index contributed by atoms with van der Waals surface area (Å²) in [6.07, 6.45) is 3.62. The molecule has 2 rings (SSSR count). The van der Waals surface area contributed by atoms with Gasteiger partial charge in [0, 0.05) is 11.3 Å². The average Bonchev–Trinajstić information content (AvgIpc) is 2.60. The smallest absolute Gasteiger partial charge is 0.130 e. The normalized spacial score (nSPS) is 14.5. The zero-order valence-corrected chi connectivity index (χ0v) is 16.6. The number of rotatable bonds is 3. The Morgan fingerprint density at radius 1 is 1.00 bits per heavy atom. The zero-order valence-electron chi connectivity index (χ0n) is 16.6. The first-order valence-corrected chi connectivity index (χ1v) is 9.36. The topological polar surface area (TPSA) is 50.4 Å². The molecule has 0 saturated heterocycles. The van der Waals surface area contributed by atoms with Crippen molar-refractivity contribution in [3.05, 3.63) is 29.8 Å². The van der Waals surface area contributed by atoms with Crippen LogP contribution in [0.1, 0.15) is 80.2 Å². The number of anilines is 1. The second kappa shape index (κ2) is 15.4. The van der Waals surface area contributed by atoms with E-state index in [1.165, 1.54) is 6.42 Å². The maximum absolute atomic E-state index is 5.99. The quantitative estimate of drug-likeness (QED) is 0.712. The Morgan fingerprint density at radius 2 is 1.48 bits per heavy atom. The van der Waals surface area contributed by atoms with Crippen LogP contribution in [-0.4, -0.2) is 12.0 Å². The number of benzene rings is 1. The Labute approximate surface area is 144 Å². The highest BCUT2D eigenvalue weighted by atomic mass is 15.1. The molecule has 1 aromatic rings. The lowest BCUT2D eigenvalue weighted by Crippen LogP contribution is -2.34. The molecule has 1 atom stereocenters. The molecule has 134 valence electrons. The van der Waals surface area contributed by atoms with Gasteiger partial charge < -0.3 is 11.1 Å². The molecule has 3 N–H and O–H groups in total. The van der Waals surface area contributed by atoms with Gasteiger partial charge in [-0.2, -0.15) is 0 Å². The van der Waals surface area contributed by atoms with E-state index in [0.29, 0.717) is 11.8 Å². The number of fused-ring (bicyclic) bond motifs is 1. The Morgan fingerprint density at radius 3 is 1.96 bits per heavy atom. The van der Waals surface area contributed by atoms with Crippen LogP contribution in [0, 0.1) is 5.92 Å². The largest absolute Gasteiger partial charge is 0.383 e. The maximum atomic E-state index is 5.99. The molecular formula is C20H39N3. The Balaban J connectivity index is 0. The molecule has 0 amide bonds. The number of hydrogen-bond donors (Lipinski definition) is 2. The highest BCUT2D eigenvalue weighted by Gasteiger charge is 2.23. The van der Waals surface area contributed by atoms with Crippen LogP contribution in [0.2, 0.25) is 0 Å². The van der Waals surface area contributed by atoms with Crippen LogP contribution in [-0.2, 0) is 0 Å². The van der Waals surface area contributed by atoms with Crippen molar-refractivity contribution in [3.8, 4) is 0 Å². The fourth-order valence-corrected chi connectivity index (χ4v) is 2.20. The van der Waals surface area contributed by atoms with Gasteiger partial charge in [0.15, 0.2) is 0 Å². The minimum absolute atomic E-state index is 0.130. The predicted octanol–water partition coefficient (Wildman–Crippen LogP) is 6.05. The molecule has 1 aliphatic heterocycles. The van der Waals surface area contributed by atoms with Crippen LogP contribution in [0.15, 0.2) is 29.3 Å². The first kappa shape index (κ1) is 23.8. The molecule has 0 aliphatic carbocycles. The highest BCUT2D eigenvalue weighted by Crippen LogP contribution is 2.26. The number of nitrogens with two attached hydrogens (primary N) is 1. The molecule has 1 unspecified atom stereocenters. The maximum Gasteiger partial charge on any atom is 0.130 e. The summed E-state index contributed by atoms with van der Waals surface area (Å²) in [5.41, 5.74) is 8.12. The van der Waals surface area contributed by atoms with Crippen LogP contribution in [0.25, 0.3) is 0 Å². The van der Waals surface area contributed by atoms with Crippen molar-refractivity contribution in [3.63, 3.8) is 0 Å². The van der Waals surface area contributed by atoms with E-state index < -0.39 is 0 Å². The number of para-hydroxylation sites is 1. The molecule has 1 aromatic carbocycles. The highest BCUT2D eigenvalue weighted by molar-refractivity contribution is 6.03. The van der Waals surface area contributed by atoms with E-state index in [2.05, 4.69) is 44.1 Å². The average molecular weight is 322 g/mol. The lowest BCUT2D eigenvalue weighted by atomic mass is 9.97. The monoisotopic (exact) mass is 321 g/mol. The molecule has 0 fully saturated rings. The van der Waals surface area contributed by atoms with E-state index in [1.807, 2.05) is 45.9 Å².